The summed E-state index contributed by atoms with van der Waals surface area (Å²) in [5.74, 6) is 2.47. The molecule has 108 valence electrons. The van der Waals surface area contributed by atoms with Crippen LogP contribution in [-0.4, -0.2) is 31.3 Å². The van der Waals surface area contributed by atoms with Crippen LogP contribution >= 0.6 is 11.6 Å². The Hall–Kier alpha value is -1.89. The minimum atomic E-state index is -0.472. The lowest BCUT2D eigenvalue weighted by atomic mass is 10.2. The molecule has 0 saturated carbocycles. The van der Waals surface area contributed by atoms with Gasteiger partial charge in [0.15, 0.2) is 5.82 Å². The monoisotopic (exact) mass is 296 g/mol. The molecule has 0 saturated heterocycles. The van der Waals surface area contributed by atoms with Crippen molar-refractivity contribution in [1.82, 2.24) is 24.7 Å². The molecule has 0 aliphatic carbocycles. The van der Waals surface area contributed by atoms with Crippen LogP contribution in [0.4, 0.5) is 5.82 Å². The molecule has 0 amide bonds. The fourth-order valence-corrected chi connectivity index (χ4v) is 1.91. The van der Waals surface area contributed by atoms with Crippen LogP contribution in [0.15, 0.2) is 10.9 Å². The number of nitrogens with zero attached hydrogens (tertiary/aromatic N) is 4. The zero-order valence-electron chi connectivity index (χ0n) is 11.6. The molecular formula is C12H17ClN6O. The van der Waals surface area contributed by atoms with Crippen LogP contribution in [0.5, 0.6) is 0 Å². The van der Waals surface area contributed by atoms with Gasteiger partial charge < -0.3 is 5.32 Å². The van der Waals surface area contributed by atoms with E-state index in [0.29, 0.717) is 24.7 Å². The third-order valence-corrected chi connectivity index (χ3v) is 2.96. The maximum Gasteiger partial charge on any atom is 0.347 e. The Kier molecular flexibility index (Phi) is 4.39. The average molecular weight is 297 g/mol. The van der Waals surface area contributed by atoms with Crippen LogP contribution in [0.2, 0.25) is 5.15 Å². The zero-order chi connectivity index (χ0) is 14.7. The number of aromatic amines is 1. The van der Waals surface area contributed by atoms with Gasteiger partial charge in [0.25, 0.3) is 0 Å². The first kappa shape index (κ1) is 14.5. The lowest BCUT2D eigenvalue weighted by Crippen LogP contribution is -2.15. The second-order valence-corrected chi connectivity index (χ2v) is 5.17. The highest BCUT2D eigenvalue weighted by atomic mass is 35.5. The fourth-order valence-electron chi connectivity index (χ4n) is 1.72. The van der Waals surface area contributed by atoms with Crippen molar-refractivity contribution in [3.63, 3.8) is 0 Å². The molecule has 2 heterocycles. The van der Waals surface area contributed by atoms with Crippen molar-refractivity contribution >= 4 is 17.4 Å². The summed E-state index contributed by atoms with van der Waals surface area (Å²) in [6.07, 6.45) is 0.683. The van der Waals surface area contributed by atoms with E-state index >= 15 is 0 Å². The van der Waals surface area contributed by atoms with Crippen LogP contribution in [-0.2, 0) is 13.5 Å². The maximum absolute atomic E-state index is 11.2. The molecular weight excluding hydrogens is 280 g/mol. The SMILES string of the molecule is CC(C)c1nc(CCNc2cc(Cl)[nH]c(=O)n2)n(C)n1. The molecule has 0 unspecified atom stereocenters. The number of halogens is 1. The van der Waals surface area contributed by atoms with Crippen LogP contribution < -0.4 is 11.0 Å². The predicted octanol–water partition coefficient (Wildman–Crippen LogP) is 1.33. The number of hydrogen-bond acceptors (Lipinski definition) is 5. The van der Waals surface area contributed by atoms with E-state index in [0.717, 1.165) is 11.6 Å². The lowest BCUT2D eigenvalue weighted by molar-refractivity contribution is 0.681. The van der Waals surface area contributed by atoms with Crippen LogP contribution in [0.1, 0.15) is 31.4 Å². The summed E-state index contributed by atoms with van der Waals surface area (Å²) in [6.45, 7) is 4.70. The summed E-state index contributed by atoms with van der Waals surface area (Å²) in [7, 11) is 1.87. The van der Waals surface area contributed by atoms with Gasteiger partial charge in [-0.05, 0) is 0 Å². The first-order chi connectivity index (χ1) is 9.45. The molecule has 0 bridgehead atoms. The Morgan fingerprint density at radius 1 is 1.45 bits per heavy atom. The number of nitrogens with one attached hydrogen (secondary N) is 2. The van der Waals surface area contributed by atoms with E-state index in [2.05, 4.69) is 39.2 Å². The van der Waals surface area contributed by atoms with Crippen molar-refractivity contribution in [3.8, 4) is 0 Å². The lowest BCUT2D eigenvalue weighted by Gasteiger charge is -2.04. The van der Waals surface area contributed by atoms with E-state index in [1.807, 2.05) is 7.05 Å². The van der Waals surface area contributed by atoms with E-state index < -0.39 is 5.69 Å². The maximum atomic E-state index is 11.2. The van der Waals surface area contributed by atoms with Gasteiger partial charge in [-0.25, -0.2) is 9.78 Å². The first-order valence-corrected chi connectivity index (χ1v) is 6.74. The molecule has 0 fully saturated rings. The third kappa shape index (κ3) is 3.57. The topological polar surface area (TPSA) is 88.5 Å². The highest BCUT2D eigenvalue weighted by Gasteiger charge is 2.10. The molecule has 0 atom stereocenters. The summed E-state index contributed by atoms with van der Waals surface area (Å²) in [6, 6.07) is 1.57. The van der Waals surface area contributed by atoms with Crippen molar-refractivity contribution in [2.24, 2.45) is 7.05 Å². The second-order valence-electron chi connectivity index (χ2n) is 4.76. The normalized spacial score (nSPS) is 11.1. The summed E-state index contributed by atoms with van der Waals surface area (Å²) < 4.78 is 1.77. The molecule has 0 spiro atoms. The number of aryl methyl sites for hydroxylation is 1. The van der Waals surface area contributed by atoms with Crippen LogP contribution in [0, 0.1) is 0 Å². The average Bonchev–Trinajstić information content (AvgIpc) is 2.70. The summed E-state index contributed by atoms with van der Waals surface area (Å²) in [5, 5.41) is 7.65. The molecule has 0 radical (unpaired) electrons. The van der Waals surface area contributed by atoms with Gasteiger partial charge in [0.05, 0.1) is 0 Å². The quantitative estimate of drug-likeness (QED) is 0.813. The smallest absolute Gasteiger partial charge is 0.347 e. The molecule has 20 heavy (non-hydrogen) atoms. The zero-order valence-corrected chi connectivity index (χ0v) is 12.4. The highest BCUT2D eigenvalue weighted by Crippen LogP contribution is 2.10. The Labute approximate surface area is 121 Å². The van der Waals surface area contributed by atoms with Gasteiger partial charge >= 0.3 is 5.69 Å². The van der Waals surface area contributed by atoms with Crippen LogP contribution in [0.3, 0.4) is 0 Å². The number of rotatable bonds is 5. The van der Waals surface area contributed by atoms with E-state index in [9.17, 15) is 4.79 Å². The number of hydrogen-bond donors (Lipinski definition) is 2. The van der Waals surface area contributed by atoms with Crippen molar-refractivity contribution in [1.29, 1.82) is 0 Å². The molecule has 0 aliphatic rings. The van der Waals surface area contributed by atoms with E-state index in [1.54, 1.807) is 10.7 Å². The molecule has 2 N–H and O–H groups in total. The standard InChI is InChI=1S/C12H17ClN6O/c1-7(2)11-17-10(19(3)18-11)4-5-14-9-6-8(13)15-12(20)16-9/h6-7H,4-5H2,1-3H3,(H2,14,15,16,20). The van der Waals surface area contributed by atoms with Gasteiger partial charge in [0.2, 0.25) is 0 Å². The molecule has 7 nitrogen and oxygen atoms in total. The fraction of sp³-hybridized carbons (Fsp3) is 0.500. The Bertz CT molecular complexity index is 648. The summed E-state index contributed by atoms with van der Waals surface area (Å²) >= 11 is 5.75. The third-order valence-electron chi connectivity index (χ3n) is 2.75. The van der Waals surface area contributed by atoms with Crippen molar-refractivity contribution in [3.05, 3.63) is 33.4 Å². The first-order valence-electron chi connectivity index (χ1n) is 6.36. The largest absolute Gasteiger partial charge is 0.369 e. The highest BCUT2D eigenvalue weighted by molar-refractivity contribution is 6.29. The Morgan fingerprint density at radius 2 is 2.20 bits per heavy atom. The Balaban J connectivity index is 1.97. The van der Waals surface area contributed by atoms with Gasteiger partial charge in [-0.15, -0.1) is 0 Å². The van der Waals surface area contributed by atoms with Gasteiger partial charge in [0, 0.05) is 32.0 Å². The van der Waals surface area contributed by atoms with Gasteiger partial charge in [-0.1, -0.05) is 25.4 Å². The molecule has 0 aromatic carbocycles. The van der Waals surface area contributed by atoms with E-state index in [4.69, 9.17) is 11.6 Å². The predicted molar refractivity (Wildman–Crippen MR) is 77.2 cm³/mol. The number of aromatic nitrogens is 5. The van der Waals surface area contributed by atoms with Crippen molar-refractivity contribution in [2.75, 3.05) is 11.9 Å². The second kappa shape index (κ2) is 6.04. The molecule has 0 aliphatic heterocycles. The minimum Gasteiger partial charge on any atom is -0.369 e. The van der Waals surface area contributed by atoms with Crippen LogP contribution in [0.25, 0.3) is 0 Å². The summed E-state index contributed by atoms with van der Waals surface area (Å²) in [4.78, 5) is 21.8. The molecule has 8 heteroatoms. The molecule has 2 rings (SSSR count). The van der Waals surface area contributed by atoms with Gasteiger partial charge in [-0.3, -0.25) is 9.67 Å². The number of anilines is 1. The minimum absolute atomic E-state index is 0.258. The molecule has 2 aromatic rings. The Morgan fingerprint density at radius 3 is 2.80 bits per heavy atom. The van der Waals surface area contributed by atoms with Gasteiger partial charge in [-0.2, -0.15) is 10.1 Å². The van der Waals surface area contributed by atoms with Crippen molar-refractivity contribution < 1.29 is 0 Å². The van der Waals surface area contributed by atoms with E-state index in [-0.39, 0.29) is 5.15 Å². The molecule has 2 aromatic heterocycles. The van der Waals surface area contributed by atoms with Gasteiger partial charge in [0.1, 0.15) is 16.8 Å². The summed E-state index contributed by atoms with van der Waals surface area (Å²) in [5.41, 5.74) is -0.472. The van der Waals surface area contributed by atoms with E-state index in [1.165, 1.54) is 0 Å². The van der Waals surface area contributed by atoms with Crippen molar-refractivity contribution in [2.45, 2.75) is 26.2 Å². The number of H-pyrrole nitrogens is 1.